The van der Waals surface area contributed by atoms with E-state index in [0.29, 0.717) is 18.0 Å². The minimum atomic E-state index is -0.183. The zero-order valence-electron chi connectivity index (χ0n) is 17.0. The van der Waals surface area contributed by atoms with E-state index in [1.54, 1.807) is 16.7 Å². The van der Waals surface area contributed by atoms with Crippen LogP contribution in [0.5, 0.6) is 0 Å². The average molecular weight is 428 g/mol. The first-order valence-electron chi connectivity index (χ1n) is 10.00. The molecule has 7 heteroatoms. The minimum absolute atomic E-state index is 0.00806. The summed E-state index contributed by atoms with van der Waals surface area (Å²) in [6, 6.07) is 9.90. The SMILES string of the molecule is CCCSc1nnc(N2C(=O)C[C@H](c3ccccc3)C3=C2CC(C)(C)CC3=O)s1. The van der Waals surface area contributed by atoms with Crippen molar-refractivity contribution in [1.29, 1.82) is 0 Å². The van der Waals surface area contributed by atoms with Crippen molar-refractivity contribution in [3.8, 4) is 0 Å². The van der Waals surface area contributed by atoms with E-state index in [-0.39, 0.29) is 29.4 Å². The molecule has 0 saturated heterocycles. The topological polar surface area (TPSA) is 63.2 Å². The number of hydrogen-bond donors (Lipinski definition) is 0. The Kier molecular flexibility index (Phi) is 5.62. The summed E-state index contributed by atoms with van der Waals surface area (Å²) in [5, 5.41) is 9.16. The maximum absolute atomic E-state index is 13.3. The standard InChI is InChI=1S/C22H25N3O2S2/c1-4-10-28-21-24-23-20(29-21)25-16-12-22(2,3)13-17(26)19(16)15(11-18(25)27)14-8-6-5-7-9-14/h5-9,15H,4,10-13H2,1-3H3/t15-/m1/s1. The summed E-state index contributed by atoms with van der Waals surface area (Å²) < 4.78 is 0.864. The lowest BCUT2D eigenvalue weighted by atomic mass is 9.69. The summed E-state index contributed by atoms with van der Waals surface area (Å²) in [5.74, 6) is 0.928. The summed E-state index contributed by atoms with van der Waals surface area (Å²) in [4.78, 5) is 28.2. The Hall–Kier alpha value is -1.99. The molecular formula is C22H25N3O2S2. The van der Waals surface area contributed by atoms with Crippen LogP contribution in [0.4, 0.5) is 5.13 Å². The van der Waals surface area contributed by atoms with E-state index in [0.717, 1.165) is 33.3 Å². The molecule has 0 unspecified atom stereocenters. The van der Waals surface area contributed by atoms with E-state index in [9.17, 15) is 9.59 Å². The second kappa shape index (κ2) is 8.03. The van der Waals surface area contributed by atoms with Crippen molar-refractivity contribution in [1.82, 2.24) is 10.2 Å². The van der Waals surface area contributed by atoms with Gasteiger partial charge in [-0.2, -0.15) is 0 Å². The highest BCUT2D eigenvalue weighted by molar-refractivity contribution is 8.01. The molecule has 1 aliphatic heterocycles. The molecule has 0 bridgehead atoms. The molecule has 0 spiro atoms. The van der Waals surface area contributed by atoms with Crippen LogP contribution in [0.2, 0.25) is 0 Å². The number of hydrogen-bond acceptors (Lipinski definition) is 6. The van der Waals surface area contributed by atoms with Gasteiger partial charge in [-0.3, -0.25) is 14.5 Å². The number of thioether (sulfide) groups is 1. The van der Waals surface area contributed by atoms with Gasteiger partial charge in [-0.15, -0.1) is 10.2 Å². The largest absolute Gasteiger partial charge is 0.294 e. The normalized spacial score (nSPS) is 21.5. The fraction of sp³-hybridized carbons (Fsp3) is 0.455. The van der Waals surface area contributed by atoms with E-state index < -0.39 is 0 Å². The Morgan fingerprint density at radius 1 is 1.17 bits per heavy atom. The maximum Gasteiger partial charge on any atom is 0.234 e. The molecule has 152 valence electrons. The Morgan fingerprint density at radius 2 is 1.93 bits per heavy atom. The fourth-order valence-electron chi connectivity index (χ4n) is 4.15. The number of nitrogens with zero attached hydrogens (tertiary/aromatic N) is 3. The van der Waals surface area contributed by atoms with E-state index in [1.165, 1.54) is 11.3 Å². The average Bonchev–Trinajstić information content (AvgIpc) is 3.13. The van der Waals surface area contributed by atoms with Crippen LogP contribution in [-0.4, -0.2) is 27.6 Å². The first-order valence-corrected chi connectivity index (χ1v) is 11.8. The molecule has 2 heterocycles. The third-order valence-corrected chi connectivity index (χ3v) is 7.61. The van der Waals surface area contributed by atoms with Gasteiger partial charge in [0.15, 0.2) is 10.1 Å². The van der Waals surface area contributed by atoms with Crippen LogP contribution >= 0.6 is 23.1 Å². The Morgan fingerprint density at radius 3 is 2.66 bits per heavy atom. The summed E-state index contributed by atoms with van der Waals surface area (Å²) in [5.41, 5.74) is 2.45. The number of ketones is 1. The van der Waals surface area contributed by atoms with Gasteiger partial charge in [0.1, 0.15) is 0 Å². The molecular weight excluding hydrogens is 402 g/mol. The quantitative estimate of drug-likeness (QED) is 0.484. The highest BCUT2D eigenvalue weighted by Gasteiger charge is 2.45. The minimum Gasteiger partial charge on any atom is -0.294 e. The predicted molar refractivity (Wildman–Crippen MR) is 117 cm³/mol. The molecule has 2 aromatic rings. The van der Waals surface area contributed by atoms with Crippen LogP contribution in [-0.2, 0) is 9.59 Å². The molecule has 0 radical (unpaired) electrons. The maximum atomic E-state index is 13.3. The first-order chi connectivity index (χ1) is 13.9. The van der Waals surface area contributed by atoms with Crippen LogP contribution in [0.3, 0.4) is 0 Å². The third kappa shape index (κ3) is 4.03. The number of rotatable bonds is 5. The molecule has 1 amide bonds. The van der Waals surface area contributed by atoms with Crippen molar-refractivity contribution in [3.05, 3.63) is 47.2 Å². The van der Waals surface area contributed by atoms with E-state index >= 15 is 0 Å². The van der Waals surface area contributed by atoms with Gasteiger partial charge in [0.2, 0.25) is 11.0 Å². The Labute approximate surface area is 179 Å². The molecule has 1 aromatic heterocycles. The van der Waals surface area contributed by atoms with E-state index in [1.807, 2.05) is 30.3 Å². The molecule has 5 nitrogen and oxygen atoms in total. The zero-order chi connectivity index (χ0) is 20.6. The molecule has 1 atom stereocenters. The molecule has 0 saturated carbocycles. The molecule has 4 rings (SSSR count). The number of anilines is 1. The number of allylic oxidation sites excluding steroid dienone is 2. The number of carbonyl (C=O) groups is 2. The van der Waals surface area contributed by atoms with Crippen LogP contribution < -0.4 is 4.90 Å². The molecule has 29 heavy (non-hydrogen) atoms. The van der Waals surface area contributed by atoms with Crippen molar-refractivity contribution in [2.45, 2.75) is 56.7 Å². The van der Waals surface area contributed by atoms with Gasteiger partial charge in [-0.1, -0.05) is 74.2 Å². The second-order valence-corrected chi connectivity index (χ2v) is 10.7. The smallest absolute Gasteiger partial charge is 0.234 e. The zero-order valence-corrected chi connectivity index (χ0v) is 18.6. The van der Waals surface area contributed by atoms with E-state index in [2.05, 4.69) is 31.0 Å². The van der Waals surface area contributed by atoms with Crippen LogP contribution in [0, 0.1) is 5.41 Å². The molecule has 1 aromatic carbocycles. The van der Waals surface area contributed by atoms with Gasteiger partial charge in [-0.05, 0) is 23.8 Å². The van der Waals surface area contributed by atoms with Crippen LogP contribution in [0.1, 0.15) is 57.9 Å². The Balaban J connectivity index is 1.80. The monoisotopic (exact) mass is 427 g/mol. The van der Waals surface area contributed by atoms with Crippen molar-refractivity contribution in [2.24, 2.45) is 5.41 Å². The molecule has 1 aliphatic carbocycles. The van der Waals surface area contributed by atoms with Crippen LogP contribution in [0.15, 0.2) is 45.9 Å². The first kappa shape index (κ1) is 20.3. The number of Topliss-reactive ketones (excluding diaryl/α,β-unsaturated/α-hetero) is 1. The van der Waals surface area contributed by atoms with Gasteiger partial charge in [0, 0.05) is 35.8 Å². The van der Waals surface area contributed by atoms with Gasteiger partial charge >= 0.3 is 0 Å². The lowest BCUT2D eigenvalue weighted by Crippen LogP contribution is -2.43. The summed E-state index contributed by atoms with van der Waals surface area (Å²) >= 11 is 3.10. The Bertz CT molecular complexity index is 965. The van der Waals surface area contributed by atoms with Crippen molar-refractivity contribution in [3.63, 3.8) is 0 Å². The second-order valence-electron chi connectivity index (χ2n) is 8.40. The third-order valence-electron chi connectivity index (χ3n) is 5.36. The fourth-order valence-corrected chi connectivity index (χ4v) is 5.96. The number of amides is 1. The van der Waals surface area contributed by atoms with Crippen molar-refractivity contribution in [2.75, 3.05) is 10.7 Å². The van der Waals surface area contributed by atoms with Gasteiger partial charge < -0.3 is 0 Å². The lowest BCUT2D eigenvalue weighted by Gasteiger charge is -2.41. The van der Waals surface area contributed by atoms with Crippen molar-refractivity contribution >= 4 is 39.9 Å². The number of benzene rings is 1. The van der Waals surface area contributed by atoms with Crippen LogP contribution in [0.25, 0.3) is 0 Å². The summed E-state index contributed by atoms with van der Waals surface area (Å²) in [6.07, 6.45) is 2.52. The van der Waals surface area contributed by atoms with E-state index in [4.69, 9.17) is 0 Å². The predicted octanol–water partition coefficient (Wildman–Crippen LogP) is 5.20. The summed E-state index contributed by atoms with van der Waals surface area (Å²) in [6.45, 7) is 6.30. The van der Waals surface area contributed by atoms with Gasteiger partial charge in [0.05, 0.1) is 0 Å². The van der Waals surface area contributed by atoms with Gasteiger partial charge in [-0.25, -0.2) is 0 Å². The summed E-state index contributed by atoms with van der Waals surface area (Å²) in [7, 11) is 0. The number of aromatic nitrogens is 2. The highest BCUT2D eigenvalue weighted by atomic mass is 32.2. The highest BCUT2D eigenvalue weighted by Crippen LogP contribution is 2.48. The molecule has 0 N–H and O–H groups in total. The molecule has 2 aliphatic rings. The van der Waals surface area contributed by atoms with Gasteiger partial charge in [0.25, 0.3) is 0 Å². The number of carbonyl (C=O) groups excluding carboxylic acids is 2. The molecule has 0 fully saturated rings. The lowest BCUT2D eigenvalue weighted by molar-refractivity contribution is -0.121. The van der Waals surface area contributed by atoms with Crippen molar-refractivity contribution < 1.29 is 9.59 Å².